The van der Waals surface area contributed by atoms with E-state index in [9.17, 15) is 4.79 Å². The van der Waals surface area contributed by atoms with Gasteiger partial charge < -0.3 is 9.64 Å². The Balaban J connectivity index is 1.82. The topological polar surface area (TPSA) is 47.4 Å². The molecule has 3 rings (SSSR count). The van der Waals surface area contributed by atoms with Gasteiger partial charge in [-0.3, -0.25) is 9.48 Å². The second kappa shape index (κ2) is 5.69. The SMILES string of the molecule is CCOC1CN(C(=O)c2cn(C)nc2-c2ccccc2)C1. The first kappa shape index (κ1) is 13.8. The van der Waals surface area contributed by atoms with Gasteiger partial charge in [0.25, 0.3) is 5.91 Å². The molecule has 1 aliphatic heterocycles. The fourth-order valence-corrected chi connectivity index (χ4v) is 2.57. The van der Waals surface area contributed by atoms with Crippen molar-refractivity contribution in [1.82, 2.24) is 14.7 Å². The molecule has 0 bridgehead atoms. The predicted octanol–water partition coefficient (Wildman–Crippen LogP) is 1.95. The highest BCUT2D eigenvalue weighted by molar-refractivity contribution is 6.00. The maximum absolute atomic E-state index is 12.6. The molecule has 0 atom stereocenters. The molecule has 1 amide bonds. The smallest absolute Gasteiger partial charge is 0.257 e. The Hall–Kier alpha value is -2.14. The second-order valence-electron chi connectivity index (χ2n) is 5.22. The molecule has 0 saturated carbocycles. The fraction of sp³-hybridized carbons (Fsp3) is 0.375. The van der Waals surface area contributed by atoms with Crippen molar-refractivity contribution in [2.45, 2.75) is 13.0 Å². The zero-order valence-electron chi connectivity index (χ0n) is 12.3. The first-order chi connectivity index (χ1) is 10.2. The van der Waals surface area contributed by atoms with E-state index < -0.39 is 0 Å². The highest BCUT2D eigenvalue weighted by Gasteiger charge is 2.33. The van der Waals surface area contributed by atoms with Crippen molar-refractivity contribution in [2.75, 3.05) is 19.7 Å². The van der Waals surface area contributed by atoms with Crippen LogP contribution in [0.25, 0.3) is 11.3 Å². The monoisotopic (exact) mass is 285 g/mol. The minimum absolute atomic E-state index is 0.0258. The van der Waals surface area contributed by atoms with Crippen molar-refractivity contribution in [3.63, 3.8) is 0 Å². The maximum atomic E-state index is 12.6. The Bertz CT molecular complexity index is 630. The summed E-state index contributed by atoms with van der Waals surface area (Å²) in [4.78, 5) is 14.4. The molecular formula is C16H19N3O2. The van der Waals surface area contributed by atoms with Gasteiger partial charge in [0.2, 0.25) is 0 Å². The van der Waals surface area contributed by atoms with E-state index in [4.69, 9.17) is 4.74 Å². The lowest BCUT2D eigenvalue weighted by Crippen LogP contribution is -2.54. The fourth-order valence-electron chi connectivity index (χ4n) is 2.57. The van der Waals surface area contributed by atoms with Crippen LogP contribution < -0.4 is 0 Å². The van der Waals surface area contributed by atoms with Gasteiger partial charge in [-0.25, -0.2) is 0 Å². The van der Waals surface area contributed by atoms with Crippen LogP contribution in [0.3, 0.4) is 0 Å². The van der Waals surface area contributed by atoms with Crippen LogP contribution in [-0.2, 0) is 11.8 Å². The van der Waals surface area contributed by atoms with Crippen molar-refractivity contribution >= 4 is 5.91 Å². The number of hydrogen-bond acceptors (Lipinski definition) is 3. The number of hydrogen-bond donors (Lipinski definition) is 0. The zero-order chi connectivity index (χ0) is 14.8. The van der Waals surface area contributed by atoms with Gasteiger partial charge in [-0.2, -0.15) is 5.10 Å². The molecule has 1 aromatic carbocycles. The predicted molar refractivity (Wildman–Crippen MR) is 80.0 cm³/mol. The summed E-state index contributed by atoms with van der Waals surface area (Å²) in [6.07, 6.45) is 1.97. The van der Waals surface area contributed by atoms with Crippen LogP contribution in [0.2, 0.25) is 0 Å². The summed E-state index contributed by atoms with van der Waals surface area (Å²) in [5, 5.41) is 4.44. The lowest BCUT2D eigenvalue weighted by atomic mass is 10.1. The van der Waals surface area contributed by atoms with E-state index >= 15 is 0 Å². The summed E-state index contributed by atoms with van der Waals surface area (Å²) in [5.41, 5.74) is 2.35. The quantitative estimate of drug-likeness (QED) is 0.862. The van der Waals surface area contributed by atoms with Crippen molar-refractivity contribution < 1.29 is 9.53 Å². The minimum Gasteiger partial charge on any atom is -0.375 e. The van der Waals surface area contributed by atoms with Crippen LogP contribution in [0.4, 0.5) is 0 Å². The zero-order valence-corrected chi connectivity index (χ0v) is 12.3. The molecule has 0 aliphatic carbocycles. The molecule has 1 aliphatic rings. The van der Waals surface area contributed by atoms with Gasteiger partial charge in [0.05, 0.1) is 11.7 Å². The van der Waals surface area contributed by atoms with Gasteiger partial charge in [0.15, 0.2) is 0 Å². The molecular weight excluding hydrogens is 266 g/mol. The molecule has 5 heteroatoms. The van der Waals surface area contributed by atoms with Crippen LogP contribution >= 0.6 is 0 Å². The number of ether oxygens (including phenoxy) is 1. The number of aromatic nitrogens is 2. The van der Waals surface area contributed by atoms with Gasteiger partial charge >= 0.3 is 0 Å². The molecule has 1 fully saturated rings. The number of carbonyl (C=O) groups is 1. The standard InChI is InChI=1S/C16H19N3O2/c1-3-21-13-9-19(10-13)16(20)14-11-18(2)17-15(14)12-7-5-4-6-8-12/h4-8,11,13H,3,9-10H2,1-2H3. The third-order valence-electron chi connectivity index (χ3n) is 3.64. The van der Waals surface area contributed by atoms with Crippen molar-refractivity contribution in [2.24, 2.45) is 7.05 Å². The number of nitrogens with zero attached hydrogens (tertiary/aromatic N) is 3. The Morgan fingerprint density at radius 1 is 1.33 bits per heavy atom. The van der Waals surface area contributed by atoms with Gasteiger partial charge in [0, 0.05) is 38.5 Å². The van der Waals surface area contributed by atoms with Crippen molar-refractivity contribution in [1.29, 1.82) is 0 Å². The highest BCUT2D eigenvalue weighted by atomic mass is 16.5. The Morgan fingerprint density at radius 2 is 2.05 bits per heavy atom. The Morgan fingerprint density at radius 3 is 2.71 bits per heavy atom. The Kier molecular flexibility index (Phi) is 3.75. The molecule has 0 N–H and O–H groups in total. The molecule has 2 heterocycles. The van der Waals surface area contributed by atoms with Crippen molar-refractivity contribution in [3.05, 3.63) is 42.1 Å². The van der Waals surface area contributed by atoms with E-state index in [1.807, 2.05) is 49.2 Å². The van der Waals surface area contributed by atoms with Gasteiger partial charge in [-0.1, -0.05) is 30.3 Å². The number of amides is 1. The van der Waals surface area contributed by atoms with Crippen LogP contribution in [-0.4, -0.2) is 46.4 Å². The summed E-state index contributed by atoms with van der Waals surface area (Å²) in [5.74, 6) is 0.0258. The summed E-state index contributed by atoms with van der Waals surface area (Å²) >= 11 is 0. The van der Waals surface area contributed by atoms with Crippen molar-refractivity contribution in [3.8, 4) is 11.3 Å². The summed E-state index contributed by atoms with van der Waals surface area (Å²) < 4.78 is 7.19. The summed E-state index contributed by atoms with van der Waals surface area (Å²) in [7, 11) is 1.84. The first-order valence-corrected chi connectivity index (χ1v) is 7.19. The molecule has 0 radical (unpaired) electrons. The second-order valence-corrected chi connectivity index (χ2v) is 5.22. The summed E-state index contributed by atoms with van der Waals surface area (Å²) in [6.45, 7) is 3.99. The third kappa shape index (κ3) is 2.69. The van der Waals surface area contributed by atoms with E-state index in [2.05, 4.69) is 5.10 Å². The average Bonchev–Trinajstić information content (AvgIpc) is 2.85. The lowest BCUT2D eigenvalue weighted by molar-refractivity contribution is -0.0377. The number of aryl methyl sites for hydroxylation is 1. The van der Waals surface area contributed by atoms with E-state index in [0.717, 1.165) is 11.3 Å². The maximum Gasteiger partial charge on any atom is 0.257 e. The molecule has 5 nitrogen and oxygen atoms in total. The van der Waals surface area contributed by atoms with E-state index in [1.54, 1.807) is 10.9 Å². The van der Waals surface area contributed by atoms with Crippen LogP contribution in [0, 0.1) is 0 Å². The lowest BCUT2D eigenvalue weighted by Gasteiger charge is -2.38. The normalized spacial score (nSPS) is 15.0. The van der Waals surface area contributed by atoms with Gasteiger partial charge in [0.1, 0.15) is 5.69 Å². The Labute approximate surface area is 124 Å². The highest BCUT2D eigenvalue weighted by Crippen LogP contribution is 2.25. The molecule has 1 saturated heterocycles. The largest absolute Gasteiger partial charge is 0.375 e. The van der Waals surface area contributed by atoms with Crippen LogP contribution in [0.15, 0.2) is 36.5 Å². The number of likely N-dealkylation sites (tertiary alicyclic amines) is 1. The van der Waals surface area contributed by atoms with Gasteiger partial charge in [-0.15, -0.1) is 0 Å². The molecule has 0 spiro atoms. The minimum atomic E-state index is 0.0258. The molecule has 2 aromatic rings. The van der Waals surface area contributed by atoms with E-state index in [-0.39, 0.29) is 12.0 Å². The van der Waals surface area contributed by atoms with E-state index in [0.29, 0.717) is 25.3 Å². The molecule has 0 unspecified atom stereocenters. The third-order valence-corrected chi connectivity index (χ3v) is 3.64. The number of benzene rings is 1. The number of carbonyl (C=O) groups excluding carboxylic acids is 1. The number of rotatable bonds is 4. The van der Waals surface area contributed by atoms with Crippen LogP contribution in [0.5, 0.6) is 0 Å². The van der Waals surface area contributed by atoms with E-state index in [1.165, 1.54) is 0 Å². The van der Waals surface area contributed by atoms with Crippen LogP contribution in [0.1, 0.15) is 17.3 Å². The first-order valence-electron chi connectivity index (χ1n) is 7.19. The van der Waals surface area contributed by atoms with Gasteiger partial charge in [-0.05, 0) is 6.92 Å². The summed E-state index contributed by atoms with van der Waals surface area (Å²) in [6, 6.07) is 9.80. The average molecular weight is 285 g/mol. The molecule has 21 heavy (non-hydrogen) atoms. The molecule has 110 valence electrons. The molecule has 1 aromatic heterocycles.